The molecule has 0 bridgehead atoms. The molecule has 3 nitrogen and oxygen atoms in total. The van der Waals surface area contributed by atoms with E-state index < -0.39 is 17.9 Å². The van der Waals surface area contributed by atoms with Gasteiger partial charge in [-0.2, -0.15) is 0 Å². The molecule has 0 saturated carbocycles. The average molecular weight is 194 g/mol. The Labute approximate surface area is 79.5 Å². The maximum Gasteiger partial charge on any atom is 0.339 e. The van der Waals surface area contributed by atoms with E-state index >= 15 is 0 Å². The predicted molar refractivity (Wildman–Crippen MR) is 45.4 cm³/mol. The Morgan fingerprint density at radius 1 is 1.50 bits per heavy atom. The summed E-state index contributed by atoms with van der Waals surface area (Å²) >= 11 is 0. The minimum absolute atomic E-state index is 0.211. The van der Waals surface area contributed by atoms with Crippen LogP contribution in [-0.4, -0.2) is 18.4 Å². The molecule has 2 rings (SSSR count). The highest BCUT2D eigenvalue weighted by Crippen LogP contribution is 2.20. The van der Waals surface area contributed by atoms with Gasteiger partial charge in [-0.25, -0.2) is 9.18 Å². The van der Waals surface area contributed by atoms with Crippen LogP contribution < -0.4 is 0 Å². The van der Waals surface area contributed by atoms with Crippen LogP contribution in [0.5, 0.6) is 0 Å². The molecule has 0 spiro atoms. The maximum absolute atomic E-state index is 12.8. The highest BCUT2D eigenvalue weighted by molar-refractivity contribution is 5.93. The average Bonchev–Trinajstić information content (AvgIpc) is 2.19. The van der Waals surface area contributed by atoms with Gasteiger partial charge >= 0.3 is 5.97 Å². The van der Waals surface area contributed by atoms with Crippen molar-refractivity contribution in [1.82, 2.24) is 0 Å². The zero-order valence-corrected chi connectivity index (χ0v) is 7.20. The number of carbonyl (C=O) groups is 2. The first-order chi connectivity index (χ1) is 6.70. The van der Waals surface area contributed by atoms with Crippen LogP contribution in [-0.2, 0) is 16.0 Å². The number of ether oxygens (including phenoxy) is 1. The number of esters is 1. The van der Waals surface area contributed by atoms with Crippen molar-refractivity contribution < 1.29 is 18.7 Å². The van der Waals surface area contributed by atoms with Gasteiger partial charge in [-0.15, -0.1) is 0 Å². The molecule has 72 valence electrons. The summed E-state index contributed by atoms with van der Waals surface area (Å²) in [6, 6.07) is 3.89. The molecule has 1 aromatic rings. The Morgan fingerprint density at radius 3 is 3.00 bits per heavy atom. The molecule has 1 aliphatic heterocycles. The van der Waals surface area contributed by atoms with E-state index in [1.807, 2.05) is 0 Å². The zero-order valence-electron chi connectivity index (χ0n) is 7.20. The number of fused-ring (bicyclic) bond motifs is 1. The van der Waals surface area contributed by atoms with Crippen LogP contribution in [0.4, 0.5) is 4.39 Å². The lowest BCUT2D eigenvalue weighted by Gasteiger charge is -2.20. The normalized spacial score (nSPS) is 19.8. The third-order valence-corrected chi connectivity index (χ3v) is 2.12. The number of aldehydes is 1. The van der Waals surface area contributed by atoms with E-state index in [1.54, 1.807) is 0 Å². The predicted octanol–water partition coefficient (Wildman–Crippen LogP) is 1.11. The summed E-state index contributed by atoms with van der Waals surface area (Å²) in [5, 5.41) is 0. The third kappa shape index (κ3) is 1.39. The van der Waals surface area contributed by atoms with Crippen LogP contribution >= 0.6 is 0 Å². The minimum atomic E-state index is -0.736. The van der Waals surface area contributed by atoms with Gasteiger partial charge in [-0.3, -0.25) is 4.79 Å². The van der Waals surface area contributed by atoms with Crippen LogP contribution in [0.25, 0.3) is 0 Å². The number of hydrogen-bond donors (Lipinski definition) is 0. The molecule has 0 radical (unpaired) electrons. The second kappa shape index (κ2) is 3.21. The van der Waals surface area contributed by atoms with Gasteiger partial charge in [0.25, 0.3) is 0 Å². The fourth-order valence-corrected chi connectivity index (χ4v) is 1.45. The number of benzene rings is 1. The van der Waals surface area contributed by atoms with Crippen LogP contribution in [0.15, 0.2) is 18.2 Å². The zero-order chi connectivity index (χ0) is 10.1. The lowest BCUT2D eigenvalue weighted by atomic mass is 9.99. The highest BCUT2D eigenvalue weighted by Gasteiger charge is 2.25. The first kappa shape index (κ1) is 8.87. The van der Waals surface area contributed by atoms with E-state index in [9.17, 15) is 14.0 Å². The summed E-state index contributed by atoms with van der Waals surface area (Å²) in [6.45, 7) is 0. The molecule has 14 heavy (non-hydrogen) atoms. The fourth-order valence-electron chi connectivity index (χ4n) is 1.45. The number of cyclic esters (lactones) is 1. The molecule has 0 aliphatic carbocycles. The lowest BCUT2D eigenvalue weighted by Crippen LogP contribution is -2.28. The molecular weight excluding hydrogens is 187 g/mol. The molecule has 0 N–H and O–H groups in total. The molecule has 0 saturated heterocycles. The Bertz CT molecular complexity index is 400. The molecule has 1 heterocycles. The molecule has 1 atom stereocenters. The molecule has 1 aliphatic rings. The van der Waals surface area contributed by atoms with Gasteiger partial charge in [0.15, 0.2) is 12.4 Å². The quantitative estimate of drug-likeness (QED) is 0.496. The van der Waals surface area contributed by atoms with Gasteiger partial charge in [-0.1, -0.05) is 6.07 Å². The van der Waals surface area contributed by atoms with E-state index in [0.29, 0.717) is 18.3 Å². The summed E-state index contributed by atoms with van der Waals surface area (Å²) in [4.78, 5) is 21.7. The molecule has 4 heteroatoms. The van der Waals surface area contributed by atoms with Crippen molar-refractivity contribution in [2.45, 2.75) is 12.5 Å². The first-order valence-corrected chi connectivity index (χ1v) is 4.15. The second-order valence-corrected chi connectivity index (χ2v) is 3.09. The number of carbonyl (C=O) groups excluding carboxylic acids is 2. The molecule has 1 unspecified atom stereocenters. The standard InChI is InChI=1S/C10H7FO3/c11-7-2-1-6-3-8(5-12)14-10(13)9(6)4-7/h1-2,4-5,8H,3H2. The summed E-state index contributed by atoms with van der Waals surface area (Å²) < 4.78 is 17.5. The van der Waals surface area contributed by atoms with Crippen molar-refractivity contribution in [2.24, 2.45) is 0 Å². The van der Waals surface area contributed by atoms with Crippen molar-refractivity contribution in [3.05, 3.63) is 35.1 Å². The summed E-state index contributed by atoms with van der Waals surface area (Å²) in [5.41, 5.74) is 0.864. The van der Waals surface area contributed by atoms with Gasteiger partial charge < -0.3 is 4.74 Å². The van der Waals surface area contributed by atoms with Crippen LogP contribution in [0.3, 0.4) is 0 Å². The van der Waals surface area contributed by atoms with Crippen LogP contribution in [0.2, 0.25) is 0 Å². The number of hydrogen-bond acceptors (Lipinski definition) is 3. The SMILES string of the molecule is O=CC1Cc2ccc(F)cc2C(=O)O1. The van der Waals surface area contributed by atoms with Crippen molar-refractivity contribution >= 4 is 12.3 Å². The molecule has 1 aromatic carbocycles. The molecular formula is C10H7FO3. The van der Waals surface area contributed by atoms with Crippen LogP contribution in [0.1, 0.15) is 15.9 Å². The minimum Gasteiger partial charge on any atom is -0.451 e. The number of rotatable bonds is 1. The van der Waals surface area contributed by atoms with Crippen molar-refractivity contribution in [1.29, 1.82) is 0 Å². The second-order valence-electron chi connectivity index (χ2n) is 3.09. The summed E-state index contributed by atoms with van der Waals surface area (Å²) in [6.07, 6.45) is 0.162. The lowest BCUT2D eigenvalue weighted by molar-refractivity contribution is -0.115. The van der Waals surface area contributed by atoms with Gasteiger partial charge in [-0.05, 0) is 17.7 Å². The summed E-state index contributed by atoms with van der Waals surface area (Å²) in [5.74, 6) is -1.12. The van der Waals surface area contributed by atoms with E-state index in [2.05, 4.69) is 0 Å². The Kier molecular flexibility index (Phi) is 2.04. The van der Waals surface area contributed by atoms with Gasteiger partial charge in [0.2, 0.25) is 0 Å². The van der Waals surface area contributed by atoms with Gasteiger partial charge in [0, 0.05) is 6.42 Å². The third-order valence-electron chi connectivity index (χ3n) is 2.12. The van der Waals surface area contributed by atoms with Gasteiger partial charge in [0.1, 0.15) is 5.82 Å². The van der Waals surface area contributed by atoms with Crippen molar-refractivity contribution in [3.8, 4) is 0 Å². The smallest absolute Gasteiger partial charge is 0.339 e. The highest BCUT2D eigenvalue weighted by atomic mass is 19.1. The fraction of sp³-hybridized carbons (Fsp3) is 0.200. The largest absolute Gasteiger partial charge is 0.451 e. The van der Waals surface area contributed by atoms with E-state index in [4.69, 9.17) is 4.74 Å². The molecule has 0 fully saturated rings. The Morgan fingerprint density at radius 2 is 2.29 bits per heavy atom. The Hall–Kier alpha value is -1.71. The maximum atomic E-state index is 12.8. The summed E-state index contributed by atoms with van der Waals surface area (Å²) in [7, 11) is 0. The number of halogens is 1. The van der Waals surface area contributed by atoms with Crippen molar-refractivity contribution in [3.63, 3.8) is 0 Å². The topological polar surface area (TPSA) is 43.4 Å². The van der Waals surface area contributed by atoms with Gasteiger partial charge in [0.05, 0.1) is 5.56 Å². The monoisotopic (exact) mass is 194 g/mol. The van der Waals surface area contributed by atoms with Crippen molar-refractivity contribution in [2.75, 3.05) is 0 Å². The molecule has 0 amide bonds. The Balaban J connectivity index is 2.44. The van der Waals surface area contributed by atoms with E-state index in [0.717, 1.165) is 6.07 Å². The van der Waals surface area contributed by atoms with Crippen LogP contribution in [0, 0.1) is 5.82 Å². The first-order valence-electron chi connectivity index (χ1n) is 4.15. The van der Waals surface area contributed by atoms with E-state index in [1.165, 1.54) is 12.1 Å². The molecule has 0 aromatic heterocycles. The van der Waals surface area contributed by atoms with E-state index in [-0.39, 0.29) is 5.56 Å².